The second kappa shape index (κ2) is 5.16. The number of hydrogen-bond acceptors (Lipinski definition) is 3. The Morgan fingerprint density at radius 2 is 2.33 bits per heavy atom. The van der Waals surface area contributed by atoms with Crippen LogP contribution in [-0.2, 0) is 0 Å². The number of likely N-dealkylation sites (tertiary alicyclic amines) is 1. The number of halogens is 1. The van der Waals surface area contributed by atoms with E-state index in [9.17, 15) is 9.90 Å². The van der Waals surface area contributed by atoms with Crippen molar-refractivity contribution < 1.29 is 9.90 Å². The van der Waals surface area contributed by atoms with Gasteiger partial charge in [0, 0.05) is 19.0 Å². The van der Waals surface area contributed by atoms with Gasteiger partial charge in [0.1, 0.15) is 0 Å². The molecular weight excluding hydrogens is 252 g/mol. The van der Waals surface area contributed by atoms with Crippen molar-refractivity contribution in [2.45, 2.75) is 19.4 Å². The van der Waals surface area contributed by atoms with E-state index in [2.05, 4.69) is 0 Å². The fraction of sp³-hybridized carbons (Fsp3) is 0.462. The predicted molar refractivity (Wildman–Crippen MR) is 71.6 cm³/mol. The van der Waals surface area contributed by atoms with Crippen LogP contribution < -0.4 is 5.73 Å². The van der Waals surface area contributed by atoms with E-state index in [0.717, 1.165) is 6.42 Å². The fourth-order valence-electron chi connectivity index (χ4n) is 2.25. The smallest absolute Gasteiger partial charge is 0.255 e. The third-order valence-electron chi connectivity index (χ3n) is 3.45. The molecule has 1 aliphatic rings. The van der Waals surface area contributed by atoms with Gasteiger partial charge in [0.05, 0.1) is 22.4 Å². The van der Waals surface area contributed by atoms with Crippen molar-refractivity contribution in [2.24, 2.45) is 5.92 Å². The molecule has 2 unspecified atom stereocenters. The van der Waals surface area contributed by atoms with Gasteiger partial charge in [0.15, 0.2) is 0 Å². The molecule has 0 aromatic heterocycles. The van der Waals surface area contributed by atoms with Gasteiger partial charge >= 0.3 is 0 Å². The molecule has 2 rings (SSSR count). The zero-order valence-corrected chi connectivity index (χ0v) is 11.0. The lowest BCUT2D eigenvalue weighted by Crippen LogP contribution is -2.30. The Morgan fingerprint density at radius 1 is 1.61 bits per heavy atom. The average Bonchev–Trinajstić information content (AvgIpc) is 2.81. The van der Waals surface area contributed by atoms with Gasteiger partial charge in [-0.2, -0.15) is 0 Å². The molecule has 5 heteroatoms. The lowest BCUT2D eigenvalue weighted by Gasteiger charge is -2.18. The Kier molecular flexibility index (Phi) is 3.78. The van der Waals surface area contributed by atoms with Crippen LogP contribution >= 0.6 is 11.6 Å². The number of hydrogen-bond donors (Lipinski definition) is 2. The predicted octanol–water partition coefficient (Wildman–Crippen LogP) is 1.77. The van der Waals surface area contributed by atoms with Crippen molar-refractivity contribution in [3.63, 3.8) is 0 Å². The molecule has 0 aliphatic carbocycles. The number of anilines is 1. The van der Waals surface area contributed by atoms with Gasteiger partial charge in [-0.15, -0.1) is 0 Å². The number of benzene rings is 1. The van der Waals surface area contributed by atoms with Crippen molar-refractivity contribution in [1.29, 1.82) is 0 Å². The molecule has 1 fully saturated rings. The highest BCUT2D eigenvalue weighted by atomic mass is 35.5. The van der Waals surface area contributed by atoms with Crippen molar-refractivity contribution in [3.8, 4) is 0 Å². The first-order valence-electron chi connectivity index (χ1n) is 6.02. The van der Waals surface area contributed by atoms with Crippen LogP contribution in [0.5, 0.6) is 0 Å². The minimum Gasteiger partial charge on any atom is -0.398 e. The molecule has 2 atom stereocenters. The molecule has 3 N–H and O–H groups in total. The van der Waals surface area contributed by atoms with E-state index < -0.39 is 0 Å². The maximum absolute atomic E-state index is 12.3. The van der Waals surface area contributed by atoms with E-state index in [-0.39, 0.29) is 17.9 Å². The highest BCUT2D eigenvalue weighted by Gasteiger charge is 2.30. The summed E-state index contributed by atoms with van der Waals surface area (Å²) in [6, 6.07) is 5.06. The van der Waals surface area contributed by atoms with Crippen molar-refractivity contribution in [3.05, 3.63) is 28.8 Å². The molecule has 0 saturated carbocycles. The standard InChI is InChI=1S/C13H17ClN2O2/c1-8(17)9-5-6-16(7-9)13(18)10-3-2-4-11(15)12(10)14/h2-4,8-9,17H,5-7,15H2,1H3. The summed E-state index contributed by atoms with van der Waals surface area (Å²) in [5.74, 6) is 0.0317. The topological polar surface area (TPSA) is 66.6 Å². The first kappa shape index (κ1) is 13.2. The summed E-state index contributed by atoms with van der Waals surface area (Å²) in [6.45, 7) is 2.98. The summed E-state index contributed by atoms with van der Waals surface area (Å²) in [5, 5.41) is 9.85. The summed E-state index contributed by atoms with van der Waals surface area (Å²) >= 11 is 6.04. The molecule has 4 nitrogen and oxygen atoms in total. The average molecular weight is 269 g/mol. The number of carbonyl (C=O) groups excluding carboxylic acids is 1. The summed E-state index contributed by atoms with van der Waals surface area (Å²) in [4.78, 5) is 14.0. The van der Waals surface area contributed by atoms with E-state index in [4.69, 9.17) is 17.3 Å². The van der Waals surface area contributed by atoms with Crippen molar-refractivity contribution >= 4 is 23.2 Å². The van der Waals surface area contributed by atoms with E-state index in [1.807, 2.05) is 0 Å². The van der Waals surface area contributed by atoms with Gasteiger partial charge in [-0.1, -0.05) is 17.7 Å². The molecule has 0 radical (unpaired) electrons. The highest BCUT2D eigenvalue weighted by molar-refractivity contribution is 6.36. The number of aliphatic hydroxyl groups is 1. The molecule has 1 saturated heterocycles. The molecule has 0 bridgehead atoms. The SMILES string of the molecule is CC(O)C1CCN(C(=O)c2cccc(N)c2Cl)C1. The normalized spacial score (nSPS) is 21.1. The van der Waals surface area contributed by atoms with Gasteiger partial charge in [0.25, 0.3) is 5.91 Å². The van der Waals surface area contributed by atoms with Crippen LogP contribution in [0.15, 0.2) is 18.2 Å². The molecule has 1 aliphatic heterocycles. The molecule has 0 spiro atoms. The van der Waals surface area contributed by atoms with Crippen molar-refractivity contribution in [2.75, 3.05) is 18.8 Å². The Morgan fingerprint density at radius 3 is 2.94 bits per heavy atom. The van der Waals surface area contributed by atoms with Crippen LogP contribution in [0.3, 0.4) is 0 Å². The first-order chi connectivity index (χ1) is 8.50. The molecule has 18 heavy (non-hydrogen) atoms. The van der Waals surface area contributed by atoms with E-state index in [0.29, 0.717) is 29.4 Å². The maximum Gasteiger partial charge on any atom is 0.255 e. The molecule has 1 aromatic carbocycles. The fourth-order valence-corrected chi connectivity index (χ4v) is 2.46. The first-order valence-corrected chi connectivity index (χ1v) is 6.40. The maximum atomic E-state index is 12.3. The molecule has 1 amide bonds. The Hall–Kier alpha value is -1.26. The quantitative estimate of drug-likeness (QED) is 0.804. The summed E-state index contributed by atoms with van der Waals surface area (Å²) in [7, 11) is 0. The van der Waals surface area contributed by atoms with Gasteiger partial charge in [-0.3, -0.25) is 4.79 Å². The van der Waals surface area contributed by atoms with Crippen LogP contribution in [0, 0.1) is 5.92 Å². The highest BCUT2D eigenvalue weighted by Crippen LogP contribution is 2.27. The Bertz CT molecular complexity index is 462. The largest absolute Gasteiger partial charge is 0.398 e. The summed E-state index contributed by atoms with van der Waals surface area (Å²) in [6.07, 6.45) is 0.433. The van der Waals surface area contributed by atoms with E-state index in [1.54, 1.807) is 30.0 Å². The van der Waals surface area contributed by atoms with E-state index in [1.165, 1.54) is 0 Å². The minimum absolute atomic E-state index is 0.115. The van der Waals surface area contributed by atoms with Crippen LogP contribution in [-0.4, -0.2) is 35.1 Å². The van der Waals surface area contributed by atoms with Gasteiger partial charge in [0.2, 0.25) is 0 Å². The van der Waals surface area contributed by atoms with Crippen LogP contribution in [0.1, 0.15) is 23.7 Å². The second-order valence-electron chi connectivity index (χ2n) is 4.75. The monoisotopic (exact) mass is 268 g/mol. The molecular formula is C13H17ClN2O2. The third kappa shape index (κ3) is 2.44. The number of nitrogens with two attached hydrogens (primary N) is 1. The minimum atomic E-state index is -0.390. The van der Waals surface area contributed by atoms with Gasteiger partial charge in [-0.05, 0) is 25.5 Å². The molecule has 1 aromatic rings. The number of nitrogens with zero attached hydrogens (tertiary/aromatic N) is 1. The van der Waals surface area contributed by atoms with Gasteiger partial charge < -0.3 is 15.7 Å². The number of carbonyl (C=O) groups is 1. The number of rotatable bonds is 2. The lowest BCUT2D eigenvalue weighted by molar-refractivity contribution is 0.0762. The number of aliphatic hydroxyl groups excluding tert-OH is 1. The van der Waals surface area contributed by atoms with Gasteiger partial charge in [-0.25, -0.2) is 0 Å². The van der Waals surface area contributed by atoms with Crippen LogP contribution in [0.4, 0.5) is 5.69 Å². The Labute approximate surface area is 111 Å². The van der Waals surface area contributed by atoms with Crippen LogP contribution in [0.2, 0.25) is 5.02 Å². The van der Waals surface area contributed by atoms with E-state index >= 15 is 0 Å². The zero-order valence-electron chi connectivity index (χ0n) is 10.3. The Balaban J connectivity index is 2.16. The molecule has 98 valence electrons. The summed E-state index contributed by atoms with van der Waals surface area (Å²) in [5.41, 5.74) is 6.53. The number of nitrogen functional groups attached to an aromatic ring is 1. The third-order valence-corrected chi connectivity index (χ3v) is 3.87. The zero-order chi connectivity index (χ0) is 13.3. The number of amides is 1. The molecule has 1 heterocycles. The lowest BCUT2D eigenvalue weighted by atomic mass is 10.0. The van der Waals surface area contributed by atoms with Crippen LogP contribution in [0.25, 0.3) is 0 Å². The second-order valence-corrected chi connectivity index (χ2v) is 5.13. The van der Waals surface area contributed by atoms with Crippen molar-refractivity contribution in [1.82, 2.24) is 4.90 Å². The summed E-state index contributed by atoms with van der Waals surface area (Å²) < 4.78 is 0.